The molecular formula is C23H19ClN4O4S. The first-order chi connectivity index (χ1) is 15.9. The highest BCUT2D eigenvalue weighted by Gasteiger charge is 2.19. The third-order valence-corrected chi connectivity index (χ3v) is 6.35. The number of hydrogen-bond donors (Lipinski definition) is 2. The minimum absolute atomic E-state index is 0.0833. The Morgan fingerprint density at radius 2 is 1.85 bits per heavy atom. The number of para-hydroxylation sites is 2. The summed E-state index contributed by atoms with van der Waals surface area (Å²) in [7, 11) is -2.59. The molecule has 1 heterocycles. The first kappa shape index (κ1) is 22.4. The zero-order chi connectivity index (χ0) is 23.4. The Morgan fingerprint density at radius 3 is 2.61 bits per heavy atom. The van der Waals surface area contributed by atoms with E-state index >= 15 is 0 Å². The average Bonchev–Trinajstić information content (AvgIpc) is 3.34. The minimum atomic E-state index is -4.02. The zero-order valence-corrected chi connectivity index (χ0v) is 19.0. The molecule has 4 rings (SSSR count). The summed E-state index contributed by atoms with van der Waals surface area (Å²) in [6.45, 7) is 0. The van der Waals surface area contributed by atoms with Crippen molar-refractivity contribution >= 4 is 38.9 Å². The summed E-state index contributed by atoms with van der Waals surface area (Å²) in [5.74, 6) is -0.145. The van der Waals surface area contributed by atoms with E-state index in [0.717, 1.165) is 5.69 Å². The molecule has 3 aromatic carbocycles. The minimum Gasteiger partial charge on any atom is -0.495 e. The summed E-state index contributed by atoms with van der Waals surface area (Å²) >= 11 is 5.99. The smallest absolute Gasteiger partial charge is 0.262 e. The summed E-state index contributed by atoms with van der Waals surface area (Å²) in [5, 5.41) is 3.17. The van der Waals surface area contributed by atoms with Gasteiger partial charge in [-0.05, 0) is 48.5 Å². The molecule has 4 aromatic rings. The number of aromatic nitrogens is 2. The number of sulfonamides is 1. The van der Waals surface area contributed by atoms with Gasteiger partial charge >= 0.3 is 0 Å². The fraction of sp³-hybridized carbons (Fsp3) is 0.0435. The van der Waals surface area contributed by atoms with Crippen LogP contribution in [0.25, 0.3) is 5.69 Å². The molecule has 0 aliphatic carbocycles. The van der Waals surface area contributed by atoms with Crippen LogP contribution in [0.3, 0.4) is 0 Å². The first-order valence-corrected chi connectivity index (χ1v) is 11.6. The van der Waals surface area contributed by atoms with Crippen LogP contribution in [-0.2, 0) is 10.0 Å². The number of ether oxygens (including phenoxy) is 1. The quantitative estimate of drug-likeness (QED) is 0.401. The van der Waals surface area contributed by atoms with Crippen LogP contribution in [0.2, 0.25) is 5.02 Å². The molecule has 0 saturated carbocycles. The van der Waals surface area contributed by atoms with E-state index in [0.29, 0.717) is 16.5 Å². The van der Waals surface area contributed by atoms with Crippen LogP contribution in [-0.4, -0.2) is 31.0 Å². The normalized spacial score (nSPS) is 11.1. The van der Waals surface area contributed by atoms with Crippen LogP contribution in [0.15, 0.2) is 90.3 Å². The van der Waals surface area contributed by atoms with E-state index in [-0.39, 0.29) is 16.1 Å². The van der Waals surface area contributed by atoms with Gasteiger partial charge in [0.15, 0.2) is 0 Å². The number of carbonyl (C=O) groups is 1. The topological polar surface area (TPSA) is 102 Å². The zero-order valence-electron chi connectivity index (χ0n) is 17.4. The maximum atomic E-state index is 13.0. The van der Waals surface area contributed by atoms with E-state index in [1.165, 1.54) is 37.4 Å². The highest BCUT2D eigenvalue weighted by Crippen LogP contribution is 2.30. The first-order valence-electron chi connectivity index (χ1n) is 9.72. The fourth-order valence-corrected chi connectivity index (χ4v) is 4.45. The number of methoxy groups -OCH3 is 1. The standard InChI is InChI=1S/C23H19ClN4O4S/c1-32-22-10-9-17(24)14-20(22)27-33(30,31)18-6-4-5-16(13-18)23(29)26-19-7-2-3-8-21(19)28-12-11-25-15-28/h2-15,27H,1H3,(H,26,29). The van der Waals surface area contributed by atoms with E-state index in [2.05, 4.69) is 15.0 Å². The highest BCUT2D eigenvalue weighted by atomic mass is 35.5. The Labute approximate surface area is 195 Å². The largest absolute Gasteiger partial charge is 0.495 e. The molecule has 0 unspecified atom stereocenters. The molecule has 0 atom stereocenters. The summed E-state index contributed by atoms with van der Waals surface area (Å²) in [6.07, 6.45) is 5.01. The van der Waals surface area contributed by atoms with Crippen molar-refractivity contribution in [3.05, 3.63) is 96.0 Å². The van der Waals surface area contributed by atoms with Crippen LogP contribution < -0.4 is 14.8 Å². The van der Waals surface area contributed by atoms with E-state index in [1.54, 1.807) is 47.6 Å². The van der Waals surface area contributed by atoms with Gasteiger partial charge in [0.2, 0.25) is 0 Å². The summed E-state index contributed by atoms with van der Waals surface area (Å²) in [5.41, 5.74) is 1.64. The molecular weight excluding hydrogens is 464 g/mol. The van der Waals surface area contributed by atoms with Gasteiger partial charge in [0.25, 0.3) is 15.9 Å². The van der Waals surface area contributed by atoms with Crippen molar-refractivity contribution in [2.75, 3.05) is 17.1 Å². The average molecular weight is 483 g/mol. The van der Waals surface area contributed by atoms with Crippen LogP contribution in [0, 0.1) is 0 Å². The number of nitrogens with one attached hydrogen (secondary N) is 2. The van der Waals surface area contributed by atoms with Gasteiger partial charge < -0.3 is 14.6 Å². The van der Waals surface area contributed by atoms with Gasteiger partial charge in [-0.25, -0.2) is 13.4 Å². The van der Waals surface area contributed by atoms with Gasteiger partial charge in [-0.1, -0.05) is 29.8 Å². The van der Waals surface area contributed by atoms with Crippen molar-refractivity contribution < 1.29 is 17.9 Å². The maximum absolute atomic E-state index is 13.0. The van der Waals surface area contributed by atoms with Crippen molar-refractivity contribution in [1.29, 1.82) is 0 Å². The van der Waals surface area contributed by atoms with Gasteiger partial charge in [0.1, 0.15) is 5.75 Å². The van der Waals surface area contributed by atoms with Gasteiger partial charge in [-0.15, -0.1) is 0 Å². The molecule has 1 aromatic heterocycles. The Bertz CT molecular complexity index is 1410. The maximum Gasteiger partial charge on any atom is 0.262 e. The van der Waals surface area contributed by atoms with Crippen molar-refractivity contribution in [3.63, 3.8) is 0 Å². The number of benzene rings is 3. The number of halogens is 1. The van der Waals surface area contributed by atoms with Crippen molar-refractivity contribution in [3.8, 4) is 11.4 Å². The fourth-order valence-electron chi connectivity index (χ4n) is 3.17. The van der Waals surface area contributed by atoms with Gasteiger partial charge in [0, 0.05) is 23.0 Å². The van der Waals surface area contributed by atoms with Gasteiger partial charge in [-0.2, -0.15) is 0 Å². The summed E-state index contributed by atoms with van der Waals surface area (Å²) in [4.78, 5) is 16.9. The second-order valence-electron chi connectivity index (χ2n) is 6.92. The Morgan fingerprint density at radius 1 is 1.03 bits per heavy atom. The number of hydrogen-bond acceptors (Lipinski definition) is 5. The Hall–Kier alpha value is -3.82. The monoisotopic (exact) mass is 482 g/mol. The SMILES string of the molecule is COc1ccc(Cl)cc1NS(=O)(=O)c1cccc(C(=O)Nc2ccccc2-n2ccnc2)c1. The Balaban J connectivity index is 1.60. The van der Waals surface area contributed by atoms with Crippen molar-refractivity contribution in [2.45, 2.75) is 4.90 Å². The highest BCUT2D eigenvalue weighted by molar-refractivity contribution is 7.92. The van der Waals surface area contributed by atoms with Gasteiger partial charge in [0.05, 0.1) is 35.4 Å². The molecule has 0 radical (unpaired) electrons. The molecule has 0 spiro atoms. The van der Waals surface area contributed by atoms with Crippen LogP contribution >= 0.6 is 11.6 Å². The molecule has 0 fully saturated rings. The molecule has 10 heteroatoms. The molecule has 1 amide bonds. The second kappa shape index (κ2) is 9.35. The predicted molar refractivity (Wildman–Crippen MR) is 127 cm³/mol. The van der Waals surface area contributed by atoms with Crippen LogP contribution in [0.5, 0.6) is 5.75 Å². The number of carbonyl (C=O) groups excluding carboxylic acids is 1. The number of rotatable bonds is 7. The van der Waals surface area contributed by atoms with E-state index in [9.17, 15) is 13.2 Å². The Kier molecular flexibility index (Phi) is 6.34. The number of nitrogens with zero attached hydrogens (tertiary/aromatic N) is 2. The van der Waals surface area contributed by atoms with E-state index in [1.807, 2.05) is 12.1 Å². The molecule has 33 heavy (non-hydrogen) atoms. The third kappa shape index (κ3) is 5.00. The number of amides is 1. The van der Waals surface area contributed by atoms with Crippen molar-refractivity contribution in [1.82, 2.24) is 9.55 Å². The summed E-state index contributed by atoms with van der Waals surface area (Å²) < 4.78 is 35.4. The van der Waals surface area contributed by atoms with Crippen molar-refractivity contribution in [2.24, 2.45) is 0 Å². The second-order valence-corrected chi connectivity index (χ2v) is 9.04. The molecule has 2 N–H and O–H groups in total. The van der Waals surface area contributed by atoms with Gasteiger partial charge in [-0.3, -0.25) is 9.52 Å². The molecule has 0 aliphatic heterocycles. The molecule has 0 saturated heterocycles. The lowest BCUT2D eigenvalue weighted by Gasteiger charge is -2.14. The van der Waals surface area contributed by atoms with E-state index < -0.39 is 15.9 Å². The van der Waals surface area contributed by atoms with Crippen LogP contribution in [0.1, 0.15) is 10.4 Å². The lowest BCUT2D eigenvalue weighted by atomic mass is 10.2. The van der Waals surface area contributed by atoms with E-state index in [4.69, 9.17) is 16.3 Å². The molecule has 0 bridgehead atoms. The molecule has 8 nitrogen and oxygen atoms in total. The molecule has 0 aliphatic rings. The summed E-state index contributed by atoms with van der Waals surface area (Å²) in [6, 6.07) is 17.5. The predicted octanol–water partition coefficient (Wildman–Crippen LogP) is 4.59. The number of imidazole rings is 1. The lowest BCUT2D eigenvalue weighted by Crippen LogP contribution is -2.17. The number of anilines is 2. The third-order valence-electron chi connectivity index (χ3n) is 4.75. The molecule has 168 valence electrons. The van der Waals surface area contributed by atoms with Crippen LogP contribution in [0.4, 0.5) is 11.4 Å². The lowest BCUT2D eigenvalue weighted by molar-refractivity contribution is 0.102.